The summed E-state index contributed by atoms with van der Waals surface area (Å²) in [7, 11) is 0. The Bertz CT molecular complexity index is 137. The van der Waals surface area contributed by atoms with Gasteiger partial charge in [0, 0.05) is 25.2 Å². The molecule has 1 saturated heterocycles. The van der Waals surface area contributed by atoms with Crippen LogP contribution in [-0.2, 0) is 0 Å². The molecule has 1 aliphatic heterocycles. The van der Waals surface area contributed by atoms with Crippen LogP contribution in [0.2, 0.25) is 0 Å². The molecule has 14 heavy (non-hydrogen) atoms. The third-order valence-electron chi connectivity index (χ3n) is 3.31. The Labute approximate surface area is 89.1 Å². The number of nitrogens with zero attached hydrogens (tertiary/aromatic N) is 1. The van der Waals surface area contributed by atoms with Crippen molar-refractivity contribution >= 4 is 0 Å². The number of nitrogens with one attached hydrogen (secondary N) is 1. The third kappa shape index (κ3) is 2.96. The lowest BCUT2D eigenvalue weighted by atomic mass is 10.0. The predicted molar refractivity (Wildman–Crippen MR) is 62.6 cm³/mol. The van der Waals surface area contributed by atoms with Gasteiger partial charge in [0.2, 0.25) is 0 Å². The van der Waals surface area contributed by atoms with Gasteiger partial charge in [-0.05, 0) is 19.4 Å². The smallest absolute Gasteiger partial charge is 0.0348 e. The van der Waals surface area contributed by atoms with Crippen molar-refractivity contribution in [3.8, 4) is 0 Å². The van der Waals surface area contributed by atoms with Gasteiger partial charge in [0.1, 0.15) is 0 Å². The summed E-state index contributed by atoms with van der Waals surface area (Å²) >= 11 is 0. The Kier molecular flexibility index (Phi) is 5.49. The molecule has 0 saturated carbocycles. The fourth-order valence-electron chi connectivity index (χ4n) is 2.46. The molecule has 1 N–H and O–H groups in total. The van der Waals surface area contributed by atoms with E-state index in [1.54, 1.807) is 0 Å². The second-order valence-corrected chi connectivity index (χ2v) is 4.37. The van der Waals surface area contributed by atoms with Gasteiger partial charge in [-0.15, -0.1) is 0 Å². The van der Waals surface area contributed by atoms with E-state index in [2.05, 4.69) is 31.0 Å². The maximum absolute atomic E-state index is 3.37. The first-order valence-corrected chi connectivity index (χ1v) is 6.29. The zero-order chi connectivity index (χ0) is 10.4. The normalized spacial score (nSPS) is 17.8. The molecule has 0 atom stereocenters. The SMILES string of the molecule is CCCC(CCC)N(CC)C1CNC1. The van der Waals surface area contributed by atoms with Crippen LogP contribution >= 0.6 is 0 Å². The van der Waals surface area contributed by atoms with Crippen molar-refractivity contribution in [1.29, 1.82) is 0 Å². The lowest BCUT2D eigenvalue weighted by Gasteiger charge is -2.42. The average molecular weight is 198 g/mol. The van der Waals surface area contributed by atoms with Crippen LogP contribution in [0.1, 0.15) is 46.5 Å². The minimum absolute atomic E-state index is 0.822. The van der Waals surface area contributed by atoms with Crippen molar-refractivity contribution in [2.24, 2.45) is 0 Å². The van der Waals surface area contributed by atoms with E-state index in [1.165, 1.54) is 45.3 Å². The Morgan fingerprint density at radius 2 is 1.71 bits per heavy atom. The molecular formula is C12H26N2. The molecule has 2 nitrogen and oxygen atoms in total. The number of likely N-dealkylation sites (N-methyl/N-ethyl adjacent to an activating group) is 1. The minimum atomic E-state index is 0.822. The fourth-order valence-corrected chi connectivity index (χ4v) is 2.46. The standard InChI is InChI=1S/C12H26N2/c1-4-7-11(8-5-2)14(6-3)12-9-13-10-12/h11-13H,4-10H2,1-3H3. The lowest BCUT2D eigenvalue weighted by molar-refractivity contribution is 0.0897. The van der Waals surface area contributed by atoms with E-state index in [0.29, 0.717) is 0 Å². The van der Waals surface area contributed by atoms with Gasteiger partial charge >= 0.3 is 0 Å². The molecule has 0 radical (unpaired) electrons. The molecule has 84 valence electrons. The molecule has 0 aromatic heterocycles. The molecule has 0 aromatic rings. The molecule has 0 unspecified atom stereocenters. The number of rotatable bonds is 7. The van der Waals surface area contributed by atoms with Gasteiger partial charge in [-0.25, -0.2) is 0 Å². The zero-order valence-electron chi connectivity index (χ0n) is 10.1. The highest BCUT2D eigenvalue weighted by atomic mass is 15.2. The largest absolute Gasteiger partial charge is 0.314 e. The van der Waals surface area contributed by atoms with Crippen LogP contribution in [0, 0.1) is 0 Å². The Morgan fingerprint density at radius 1 is 1.14 bits per heavy atom. The van der Waals surface area contributed by atoms with Gasteiger partial charge < -0.3 is 5.32 Å². The Hall–Kier alpha value is -0.0800. The van der Waals surface area contributed by atoms with Crippen molar-refractivity contribution < 1.29 is 0 Å². The highest BCUT2D eigenvalue weighted by Gasteiger charge is 2.27. The first-order valence-electron chi connectivity index (χ1n) is 6.29. The van der Waals surface area contributed by atoms with E-state index in [-0.39, 0.29) is 0 Å². The summed E-state index contributed by atoms with van der Waals surface area (Å²) < 4.78 is 0. The summed E-state index contributed by atoms with van der Waals surface area (Å²) in [6.07, 6.45) is 5.39. The van der Waals surface area contributed by atoms with E-state index in [0.717, 1.165) is 12.1 Å². The van der Waals surface area contributed by atoms with Crippen molar-refractivity contribution in [3.05, 3.63) is 0 Å². The van der Waals surface area contributed by atoms with E-state index in [4.69, 9.17) is 0 Å². The summed E-state index contributed by atoms with van der Waals surface area (Å²) in [5, 5.41) is 3.37. The monoisotopic (exact) mass is 198 g/mol. The summed E-state index contributed by atoms with van der Waals surface area (Å²) in [5.41, 5.74) is 0. The topological polar surface area (TPSA) is 15.3 Å². The third-order valence-corrected chi connectivity index (χ3v) is 3.31. The van der Waals surface area contributed by atoms with Gasteiger partial charge in [0.15, 0.2) is 0 Å². The fraction of sp³-hybridized carbons (Fsp3) is 1.00. The zero-order valence-corrected chi connectivity index (χ0v) is 10.1. The molecule has 0 spiro atoms. The van der Waals surface area contributed by atoms with Gasteiger partial charge in [-0.3, -0.25) is 4.90 Å². The lowest BCUT2D eigenvalue weighted by Crippen LogP contribution is -2.59. The number of hydrogen-bond donors (Lipinski definition) is 1. The maximum Gasteiger partial charge on any atom is 0.0348 e. The van der Waals surface area contributed by atoms with E-state index in [1.807, 2.05) is 0 Å². The average Bonchev–Trinajstić information content (AvgIpc) is 2.10. The van der Waals surface area contributed by atoms with Crippen LogP contribution in [-0.4, -0.2) is 36.6 Å². The van der Waals surface area contributed by atoms with Crippen LogP contribution in [0.4, 0.5) is 0 Å². The van der Waals surface area contributed by atoms with Crippen molar-refractivity contribution in [3.63, 3.8) is 0 Å². The van der Waals surface area contributed by atoms with E-state index in [9.17, 15) is 0 Å². The molecule has 0 aromatic carbocycles. The second kappa shape index (κ2) is 6.41. The van der Waals surface area contributed by atoms with Gasteiger partial charge in [0.05, 0.1) is 0 Å². The molecule has 0 bridgehead atoms. The maximum atomic E-state index is 3.37. The molecule has 2 heteroatoms. The highest BCUT2D eigenvalue weighted by Crippen LogP contribution is 2.17. The predicted octanol–water partition coefficient (Wildman–Crippen LogP) is 2.25. The first-order chi connectivity index (χ1) is 6.83. The molecule has 1 aliphatic rings. The van der Waals surface area contributed by atoms with Gasteiger partial charge in [-0.1, -0.05) is 33.6 Å². The Morgan fingerprint density at radius 3 is 2.00 bits per heavy atom. The summed E-state index contributed by atoms with van der Waals surface area (Å²) in [5.74, 6) is 0. The van der Waals surface area contributed by atoms with E-state index < -0.39 is 0 Å². The van der Waals surface area contributed by atoms with Crippen LogP contribution in [0.25, 0.3) is 0 Å². The van der Waals surface area contributed by atoms with Gasteiger partial charge in [0.25, 0.3) is 0 Å². The molecule has 1 heterocycles. The van der Waals surface area contributed by atoms with Crippen LogP contribution in [0.3, 0.4) is 0 Å². The van der Waals surface area contributed by atoms with Crippen molar-refractivity contribution in [2.45, 2.75) is 58.5 Å². The molecule has 1 rings (SSSR count). The minimum Gasteiger partial charge on any atom is -0.314 e. The van der Waals surface area contributed by atoms with Crippen LogP contribution < -0.4 is 5.32 Å². The van der Waals surface area contributed by atoms with Crippen molar-refractivity contribution in [2.75, 3.05) is 19.6 Å². The summed E-state index contributed by atoms with van der Waals surface area (Å²) in [4.78, 5) is 2.71. The van der Waals surface area contributed by atoms with Crippen LogP contribution in [0.15, 0.2) is 0 Å². The van der Waals surface area contributed by atoms with Gasteiger partial charge in [-0.2, -0.15) is 0 Å². The second-order valence-electron chi connectivity index (χ2n) is 4.37. The molecule has 0 aliphatic carbocycles. The van der Waals surface area contributed by atoms with Crippen molar-refractivity contribution in [1.82, 2.24) is 10.2 Å². The molecule has 1 fully saturated rings. The quantitative estimate of drug-likeness (QED) is 0.675. The first kappa shape index (κ1) is 12.0. The van der Waals surface area contributed by atoms with E-state index >= 15 is 0 Å². The van der Waals surface area contributed by atoms with Crippen LogP contribution in [0.5, 0.6) is 0 Å². The number of hydrogen-bond acceptors (Lipinski definition) is 2. The molecule has 0 amide bonds. The highest BCUT2D eigenvalue weighted by molar-refractivity contribution is 4.87. The Balaban J connectivity index is 2.43. The molecular weight excluding hydrogens is 172 g/mol. The summed E-state index contributed by atoms with van der Waals surface area (Å²) in [6, 6.07) is 1.66. The summed E-state index contributed by atoms with van der Waals surface area (Å²) in [6.45, 7) is 10.5.